The number of hydrogen-bond acceptors (Lipinski definition) is 3. The number of piperazine rings is 1. The summed E-state index contributed by atoms with van der Waals surface area (Å²) >= 11 is 0. The molecule has 0 aromatic heterocycles. The van der Waals surface area contributed by atoms with Crippen LogP contribution in [0.2, 0.25) is 0 Å². The van der Waals surface area contributed by atoms with Crippen LogP contribution in [0.5, 0.6) is 0 Å². The van der Waals surface area contributed by atoms with Gasteiger partial charge in [0.15, 0.2) is 0 Å². The molecule has 2 rings (SSSR count). The van der Waals surface area contributed by atoms with Gasteiger partial charge in [-0.05, 0) is 30.2 Å². The molecule has 0 saturated carbocycles. The molecule has 1 saturated heterocycles. The Morgan fingerprint density at radius 3 is 2.12 bits per heavy atom. The molecular weight excluding hydrogens is 374 g/mol. The van der Waals surface area contributed by atoms with Gasteiger partial charge in [0.05, 0.1) is 11.1 Å². The highest BCUT2D eigenvalue weighted by Gasteiger charge is 2.39. The highest BCUT2D eigenvalue weighted by Crippen LogP contribution is 2.40. The van der Waals surface area contributed by atoms with E-state index in [4.69, 9.17) is 0 Å². The summed E-state index contributed by atoms with van der Waals surface area (Å²) in [5, 5.41) is 12.2. The third kappa shape index (κ3) is 5.47. The minimum atomic E-state index is -4.76. The number of alkyl halides is 6. The highest BCUT2D eigenvalue weighted by atomic mass is 35.5. The van der Waals surface area contributed by atoms with Gasteiger partial charge in [0.25, 0.3) is 0 Å². The number of aliphatic hydroxyl groups excluding tert-OH is 1. The quantitative estimate of drug-likeness (QED) is 0.770. The van der Waals surface area contributed by atoms with Gasteiger partial charge >= 0.3 is 12.4 Å². The van der Waals surface area contributed by atoms with Crippen molar-refractivity contribution in [3.63, 3.8) is 0 Å². The second-order valence-electron chi connectivity index (χ2n) is 5.61. The van der Waals surface area contributed by atoms with Gasteiger partial charge in [-0.25, -0.2) is 0 Å². The van der Waals surface area contributed by atoms with Crippen molar-refractivity contribution >= 4 is 12.4 Å². The van der Waals surface area contributed by atoms with E-state index in [0.29, 0.717) is 44.4 Å². The minimum absolute atomic E-state index is 0. The van der Waals surface area contributed by atoms with Gasteiger partial charge in [0, 0.05) is 38.8 Å². The zero-order valence-electron chi connectivity index (χ0n) is 13.1. The molecular formula is C15H19ClF6N2O. The first-order chi connectivity index (χ1) is 11.1. The SMILES string of the molecule is Cl.OCC[C@@H](c1cc(C(F)(F)F)ccc1C(F)(F)F)N1CCNCC1. The lowest BCUT2D eigenvalue weighted by Crippen LogP contribution is -2.45. The third-order valence-electron chi connectivity index (χ3n) is 4.04. The summed E-state index contributed by atoms with van der Waals surface area (Å²) in [6.45, 7) is 1.45. The Bertz CT molecular complexity index is 558. The average molecular weight is 393 g/mol. The van der Waals surface area contributed by atoms with Crippen molar-refractivity contribution in [2.45, 2.75) is 24.8 Å². The molecule has 1 aromatic carbocycles. The lowest BCUT2D eigenvalue weighted by Gasteiger charge is -2.36. The number of aliphatic hydroxyl groups is 1. The van der Waals surface area contributed by atoms with E-state index in [1.165, 1.54) is 0 Å². The fourth-order valence-corrected chi connectivity index (χ4v) is 2.92. The summed E-state index contributed by atoms with van der Waals surface area (Å²) in [6.07, 6.45) is -9.56. The molecule has 0 spiro atoms. The van der Waals surface area contributed by atoms with Crippen LogP contribution < -0.4 is 5.32 Å². The normalized spacial score (nSPS) is 17.9. The van der Waals surface area contributed by atoms with E-state index in [2.05, 4.69) is 5.32 Å². The second kappa shape index (κ2) is 8.57. The fraction of sp³-hybridized carbons (Fsp3) is 0.600. The Hall–Kier alpha value is -1.03. The minimum Gasteiger partial charge on any atom is -0.396 e. The average Bonchev–Trinajstić information content (AvgIpc) is 2.51. The van der Waals surface area contributed by atoms with E-state index in [1.54, 1.807) is 4.90 Å². The maximum atomic E-state index is 13.3. The first kappa shape index (κ1) is 22.0. The van der Waals surface area contributed by atoms with Crippen molar-refractivity contribution in [1.82, 2.24) is 10.2 Å². The Morgan fingerprint density at radius 2 is 1.64 bits per heavy atom. The van der Waals surface area contributed by atoms with Crippen LogP contribution in [0.1, 0.15) is 29.2 Å². The lowest BCUT2D eigenvalue weighted by atomic mass is 9.93. The van der Waals surface area contributed by atoms with Crippen LogP contribution in [-0.2, 0) is 12.4 Å². The molecule has 1 aromatic rings. The molecule has 10 heteroatoms. The van der Waals surface area contributed by atoms with Gasteiger partial charge in [0.2, 0.25) is 0 Å². The smallest absolute Gasteiger partial charge is 0.396 e. The molecule has 0 bridgehead atoms. The first-order valence-electron chi connectivity index (χ1n) is 7.48. The van der Waals surface area contributed by atoms with Crippen LogP contribution in [0.25, 0.3) is 0 Å². The molecule has 1 atom stereocenters. The first-order valence-corrected chi connectivity index (χ1v) is 7.48. The number of nitrogens with zero attached hydrogens (tertiary/aromatic N) is 1. The standard InChI is InChI=1S/C15H18F6N2O.ClH/c16-14(17,18)10-1-2-12(15(19,20)21)11(9-10)13(3-8-24)23-6-4-22-5-7-23;/h1-2,9,13,22,24H,3-8H2;1H/t13-;/m0./s1. The van der Waals surface area contributed by atoms with Crippen molar-refractivity contribution in [3.05, 3.63) is 34.9 Å². The summed E-state index contributed by atoms with van der Waals surface area (Å²) in [7, 11) is 0. The van der Waals surface area contributed by atoms with Crippen LogP contribution in [0.4, 0.5) is 26.3 Å². The number of benzene rings is 1. The number of halogens is 7. The van der Waals surface area contributed by atoms with E-state index in [1.807, 2.05) is 0 Å². The van der Waals surface area contributed by atoms with Gasteiger partial charge < -0.3 is 10.4 Å². The number of rotatable bonds is 4. The molecule has 0 radical (unpaired) electrons. The van der Waals surface area contributed by atoms with Crippen LogP contribution in [0, 0.1) is 0 Å². The molecule has 0 aliphatic carbocycles. The molecule has 0 unspecified atom stereocenters. The molecule has 144 valence electrons. The second-order valence-corrected chi connectivity index (χ2v) is 5.61. The largest absolute Gasteiger partial charge is 0.416 e. The summed E-state index contributed by atoms with van der Waals surface area (Å²) in [6, 6.07) is 0.562. The van der Waals surface area contributed by atoms with Crippen molar-refractivity contribution in [2.24, 2.45) is 0 Å². The fourth-order valence-electron chi connectivity index (χ4n) is 2.92. The molecule has 3 nitrogen and oxygen atoms in total. The van der Waals surface area contributed by atoms with Crippen LogP contribution in [0.3, 0.4) is 0 Å². The van der Waals surface area contributed by atoms with Crippen molar-refractivity contribution < 1.29 is 31.4 Å². The lowest BCUT2D eigenvalue weighted by molar-refractivity contribution is -0.142. The molecule has 25 heavy (non-hydrogen) atoms. The van der Waals surface area contributed by atoms with Crippen molar-refractivity contribution in [2.75, 3.05) is 32.8 Å². The molecule has 1 aliphatic heterocycles. The zero-order valence-corrected chi connectivity index (χ0v) is 13.9. The van der Waals surface area contributed by atoms with Gasteiger partial charge in [0.1, 0.15) is 0 Å². The molecule has 1 aliphatic rings. The van der Waals surface area contributed by atoms with Crippen LogP contribution >= 0.6 is 12.4 Å². The summed E-state index contributed by atoms with van der Waals surface area (Å²) in [5.41, 5.74) is -2.65. The van der Waals surface area contributed by atoms with Gasteiger partial charge in [-0.3, -0.25) is 4.90 Å². The summed E-state index contributed by atoms with van der Waals surface area (Å²) < 4.78 is 78.6. The molecule has 1 fully saturated rings. The molecule has 2 N–H and O–H groups in total. The Morgan fingerprint density at radius 1 is 1.04 bits per heavy atom. The Balaban J connectivity index is 0.00000312. The maximum Gasteiger partial charge on any atom is 0.416 e. The van der Waals surface area contributed by atoms with Crippen molar-refractivity contribution in [3.8, 4) is 0 Å². The summed E-state index contributed by atoms with van der Waals surface area (Å²) in [4.78, 5) is 1.68. The van der Waals surface area contributed by atoms with E-state index in [-0.39, 0.29) is 18.8 Å². The molecule has 0 amide bonds. The van der Waals surface area contributed by atoms with E-state index < -0.39 is 41.7 Å². The highest BCUT2D eigenvalue weighted by molar-refractivity contribution is 5.85. The number of nitrogens with one attached hydrogen (secondary N) is 1. The van der Waals surface area contributed by atoms with Gasteiger partial charge in [-0.15, -0.1) is 12.4 Å². The van der Waals surface area contributed by atoms with Gasteiger partial charge in [-0.2, -0.15) is 26.3 Å². The zero-order chi connectivity index (χ0) is 18.0. The topological polar surface area (TPSA) is 35.5 Å². The van der Waals surface area contributed by atoms with Crippen LogP contribution in [-0.4, -0.2) is 42.8 Å². The van der Waals surface area contributed by atoms with E-state index >= 15 is 0 Å². The monoisotopic (exact) mass is 392 g/mol. The summed E-state index contributed by atoms with van der Waals surface area (Å²) in [5.74, 6) is 0. The maximum absolute atomic E-state index is 13.3. The third-order valence-corrected chi connectivity index (χ3v) is 4.04. The Kier molecular flexibility index (Phi) is 7.54. The van der Waals surface area contributed by atoms with Crippen LogP contribution in [0.15, 0.2) is 18.2 Å². The van der Waals surface area contributed by atoms with Crippen molar-refractivity contribution in [1.29, 1.82) is 0 Å². The van der Waals surface area contributed by atoms with Gasteiger partial charge in [-0.1, -0.05) is 0 Å². The molecule has 1 heterocycles. The van der Waals surface area contributed by atoms with E-state index in [9.17, 15) is 31.4 Å². The Labute approximate surface area is 147 Å². The number of hydrogen-bond donors (Lipinski definition) is 2. The predicted octanol–water partition coefficient (Wildman–Crippen LogP) is 3.47. The van der Waals surface area contributed by atoms with E-state index in [0.717, 1.165) is 0 Å². The predicted molar refractivity (Wildman–Crippen MR) is 82.6 cm³/mol.